The van der Waals surface area contributed by atoms with Crippen LogP contribution in [-0.2, 0) is 4.79 Å². The van der Waals surface area contributed by atoms with E-state index in [1.165, 1.54) is 6.26 Å². The Morgan fingerprint density at radius 2 is 1.62 bits per heavy atom. The molecule has 0 aromatic carbocycles. The molecule has 0 unspecified atom stereocenters. The van der Waals surface area contributed by atoms with E-state index in [4.69, 9.17) is 14.3 Å². The number of nitrogens with zero attached hydrogens (tertiary/aromatic N) is 3. The Morgan fingerprint density at radius 1 is 1.00 bits per heavy atom. The number of piperidine rings is 1. The Balaban J connectivity index is 0.000000360. The van der Waals surface area contributed by atoms with E-state index in [9.17, 15) is 22.8 Å². The Bertz CT molecular complexity index is 939. The summed E-state index contributed by atoms with van der Waals surface area (Å²) < 4.78 is 36.9. The normalized spacial score (nSPS) is 17.6. The Labute approximate surface area is 181 Å². The zero-order chi connectivity index (χ0) is 23.4. The van der Waals surface area contributed by atoms with Gasteiger partial charge in [0.25, 0.3) is 11.8 Å². The first-order chi connectivity index (χ1) is 15.1. The summed E-state index contributed by atoms with van der Waals surface area (Å²) in [5.74, 6) is -2.34. The van der Waals surface area contributed by atoms with Gasteiger partial charge in [0.2, 0.25) is 0 Å². The number of hydrogen-bond acceptors (Lipinski definition) is 5. The molecule has 2 aromatic heterocycles. The first kappa shape index (κ1) is 23.3. The molecular formula is C21H22F3N3O5. The highest BCUT2D eigenvalue weighted by atomic mass is 19.4. The van der Waals surface area contributed by atoms with Gasteiger partial charge in [-0.15, -0.1) is 0 Å². The smallest absolute Gasteiger partial charge is 0.475 e. The lowest BCUT2D eigenvalue weighted by Gasteiger charge is -2.39. The summed E-state index contributed by atoms with van der Waals surface area (Å²) in [7, 11) is 0. The number of furan rings is 1. The standard InChI is InChI=1S/C19H21N3O3.C2HF3O2/c23-17(15-3-1-8-20-13-15)22-11-7-19(14-22)5-9-21(10-6-19)18(24)16-4-2-12-25-16;3-2(4,5)1(6)7/h1-4,8,12-13H,5-7,9-11,14H2;(H,6,7). The van der Waals surface area contributed by atoms with Crippen LogP contribution in [0.3, 0.4) is 0 Å². The summed E-state index contributed by atoms with van der Waals surface area (Å²) in [4.78, 5) is 41.7. The van der Waals surface area contributed by atoms with Crippen LogP contribution < -0.4 is 0 Å². The van der Waals surface area contributed by atoms with Crippen LogP contribution in [0.15, 0.2) is 47.3 Å². The van der Waals surface area contributed by atoms with E-state index in [0.717, 1.165) is 32.4 Å². The quantitative estimate of drug-likeness (QED) is 0.750. The summed E-state index contributed by atoms with van der Waals surface area (Å²) in [6.45, 7) is 2.98. The number of rotatable bonds is 2. The highest BCUT2D eigenvalue weighted by molar-refractivity contribution is 5.94. The molecule has 0 saturated carbocycles. The van der Waals surface area contributed by atoms with E-state index in [1.54, 1.807) is 30.6 Å². The molecule has 172 valence electrons. The van der Waals surface area contributed by atoms with Crippen molar-refractivity contribution in [1.29, 1.82) is 0 Å². The molecule has 4 rings (SSSR count). The van der Waals surface area contributed by atoms with Crippen LogP contribution >= 0.6 is 0 Å². The van der Waals surface area contributed by atoms with E-state index in [-0.39, 0.29) is 17.2 Å². The van der Waals surface area contributed by atoms with Crippen LogP contribution in [-0.4, -0.2) is 70.0 Å². The maximum Gasteiger partial charge on any atom is 0.490 e. The van der Waals surface area contributed by atoms with Crippen molar-refractivity contribution in [2.75, 3.05) is 26.2 Å². The number of likely N-dealkylation sites (tertiary alicyclic amines) is 2. The fraction of sp³-hybridized carbons (Fsp3) is 0.429. The fourth-order valence-electron chi connectivity index (χ4n) is 3.93. The predicted molar refractivity (Wildman–Crippen MR) is 105 cm³/mol. The third-order valence-corrected chi connectivity index (χ3v) is 5.72. The summed E-state index contributed by atoms with van der Waals surface area (Å²) in [6, 6.07) is 7.04. The van der Waals surface area contributed by atoms with Gasteiger partial charge in [0.15, 0.2) is 5.76 Å². The van der Waals surface area contributed by atoms with Crippen molar-refractivity contribution in [3.8, 4) is 0 Å². The van der Waals surface area contributed by atoms with Crippen molar-refractivity contribution in [2.45, 2.75) is 25.4 Å². The molecule has 0 radical (unpaired) electrons. The average molecular weight is 453 g/mol. The third-order valence-electron chi connectivity index (χ3n) is 5.72. The van der Waals surface area contributed by atoms with E-state index in [0.29, 0.717) is 24.4 Å². The van der Waals surface area contributed by atoms with Gasteiger partial charge >= 0.3 is 12.1 Å². The highest BCUT2D eigenvalue weighted by Gasteiger charge is 2.43. The van der Waals surface area contributed by atoms with Crippen LogP contribution in [0, 0.1) is 5.41 Å². The van der Waals surface area contributed by atoms with Crippen LogP contribution in [0.2, 0.25) is 0 Å². The van der Waals surface area contributed by atoms with Crippen molar-refractivity contribution < 1.29 is 37.1 Å². The number of amides is 2. The molecule has 2 saturated heterocycles. The summed E-state index contributed by atoms with van der Waals surface area (Å²) in [5.41, 5.74) is 0.780. The number of carbonyl (C=O) groups is 3. The Hall–Kier alpha value is -3.37. The number of aliphatic carboxylic acids is 1. The lowest BCUT2D eigenvalue weighted by atomic mass is 9.77. The summed E-state index contributed by atoms with van der Waals surface area (Å²) in [5, 5.41) is 7.12. The number of carboxylic acid groups (broad SMARTS) is 1. The first-order valence-corrected chi connectivity index (χ1v) is 9.93. The maximum absolute atomic E-state index is 12.6. The van der Waals surface area contributed by atoms with Crippen molar-refractivity contribution in [3.05, 3.63) is 54.2 Å². The largest absolute Gasteiger partial charge is 0.490 e. The minimum atomic E-state index is -5.08. The van der Waals surface area contributed by atoms with Gasteiger partial charge in [-0.3, -0.25) is 14.6 Å². The molecule has 8 nitrogen and oxygen atoms in total. The topological polar surface area (TPSA) is 104 Å². The molecule has 2 fully saturated rings. The lowest BCUT2D eigenvalue weighted by molar-refractivity contribution is -0.192. The van der Waals surface area contributed by atoms with E-state index in [2.05, 4.69) is 4.98 Å². The first-order valence-electron chi connectivity index (χ1n) is 9.93. The molecule has 4 heterocycles. The van der Waals surface area contributed by atoms with Crippen LogP contribution in [0.5, 0.6) is 0 Å². The number of pyridine rings is 1. The number of hydrogen-bond donors (Lipinski definition) is 1. The maximum atomic E-state index is 12.6. The second kappa shape index (κ2) is 9.41. The zero-order valence-corrected chi connectivity index (χ0v) is 17.0. The van der Waals surface area contributed by atoms with Gasteiger partial charge in [-0.25, -0.2) is 4.79 Å². The Morgan fingerprint density at radius 3 is 2.12 bits per heavy atom. The van der Waals surface area contributed by atoms with Crippen LogP contribution in [0.25, 0.3) is 0 Å². The molecule has 2 amide bonds. The predicted octanol–water partition coefficient (Wildman–Crippen LogP) is 3.08. The molecule has 0 atom stereocenters. The molecule has 1 N–H and O–H groups in total. The van der Waals surface area contributed by atoms with E-state index < -0.39 is 12.1 Å². The molecule has 2 aliphatic rings. The monoisotopic (exact) mass is 453 g/mol. The summed E-state index contributed by atoms with van der Waals surface area (Å²) >= 11 is 0. The molecule has 32 heavy (non-hydrogen) atoms. The third kappa shape index (κ3) is 5.45. The van der Waals surface area contributed by atoms with Crippen molar-refractivity contribution >= 4 is 17.8 Å². The molecule has 1 spiro atoms. The number of carboxylic acids is 1. The van der Waals surface area contributed by atoms with Crippen LogP contribution in [0.4, 0.5) is 13.2 Å². The van der Waals surface area contributed by atoms with E-state index in [1.807, 2.05) is 15.9 Å². The molecule has 11 heteroatoms. The second-order valence-electron chi connectivity index (χ2n) is 7.79. The number of alkyl halides is 3. The zero-order valence-electron chi connectivity index (χ0n) is 17.0. The van der Waals surface area contributed by atoms with Crippen LogP contribution in [0.1, 0.15) is 40.2 Å². The molecule has 0 aliphatic carbocycles. The molecule has 2 aromatic rings. The number of aromatic nitrogens is 1. The van der Waals surface area contributed by atoms with Gasteiger partial charge in [-0.2, -0.15) is 13.2 Å². The fourth-order valence-corrected chi connectivity index (χ4v) is 3.93. The minimum absolute atomic E-state index is 0.0406. The minimum Gasteiger partial charge on any atom is -0.475 e. The van der Waals surface area contributed by atoms with Crippen molar-refractivity contribution in [3.63, 3.8) is 0 Å². The van der Waals surface area contributed by atoms with Gasteiger partial charge in [0, 0.05) is 38.6 Å². The van der Waals surface area contributed by atoms with Gasteiger partial charge in [-0.1, -0.05) is 0 Å². The second-order valence-corrected chi connectivity index (χ2v) is 7.79. The lowest BCUT2D eigenvalue weighted by Crippen LogP contribution is -2.44. The molecule has 2 aliphatic heterocycles. The summed E-state index contributed by atoms with van der Waals surface area (Å²) in [6.07, 6.45) is 2.60. The van der Waals surface area contributed by atoms with Gasteiger partial charge in [0.1, 0.15) is 0 Å². The number of halogens is 3. The molecular weight excluding hydrogens is 431 g/mol. The SMILES string of the molecule is O=C(O)C(F)(F)F.O=C(c1cccnc1)N1CCC2(CCN(C(=O)c3ccco3)CC2)C1. The van der Waals surface area contributed by atoms with Crippen molar-refractivity contribution in [2.24, 2.45) is 5.41 Å². The van der Waals surface area contributed by atoms with Gasteiger partial charge < -0.3 is 19.3 Å². The van der Waals surface area contributed by atoms with Gasteiger partial charge in [0.05, 0.1) is 11.8 Å². The van der Waals surface area contributed by atoms with E-state index >= 15 is 0 Å². The average Bonchev–Trinajstić information content (AvgIpc) is 3.45. The molecule has 0 bridgehead atoms. The van der Waals surface area contributed by atoms with Crippen molar-refractivity contribution in [1.82, 2.24) is 14.8 Å². The highest BCUT2D eigenvalue weighted by Crippen LogP contribution is 2.41. The number of carbonyl (C=O) groups excluding carboxylic acids is 2. The Kier molecular flexibility index (Phi) is 6.85. The van der Waals surface area contributed by atoms with Gasteiger partial charge in [-0.05, 0) is 48.9 Å².